The zero-order valence-electron chi connectivity index (χ0n) is 6.42. The predicted molar refractivity (Wildman–Crippen MR) is 46.6 cm³/mol. The summed E-state index contributed by atoms with van der Waals surface area (Å²) in [4.78, 5) is 4.22. The van der Waals surface area contributed by atoms with Gasteiger partial charge in [0.2, 0.25) is 0 Å². The third-order valence-electron chi connectivity index (χ3n) is 2.34. The molecule has 1 aromatic heterocycles. The number of hydrogen-bond donors (Lipinski definition) is 1. The monoisotopic (exact) mass is 168 g/mol. The van der Waals surface area contributed by atoms with Crippen molar-refractivity contribution in [3.63, 3.8) is 0 Å². The van der Waals surface area contributed by atoms with Gasteiger partial charge in [-0.1, -0.05) is 0 Å². The average molecular weight is 168 g/mol. The van der Waals surface area contributed by atoms with Crippen LogP contribution in [0.15, 0.2) is 11.6 Å². The fraction of sp³-hybridized carbons (Fsp3) is 0.625. The van der Waals surface area contributed by atoms with E-state index in [1.807, 2.05) is 11.6 Å². The molecule has 0 aromatic carbocycles. The second-order valence-corrected chi connectivity index (χ2v) is 4.30. The quantitative estimate of drug-likeness (QED) is 0.728. The van der Waals surface area contributed by atoms with Crippen LogP contribution in [0, 0.1) is 0 Å². The first-order chi connectivity index (χ1) is 5.29. The molecule has 1 saturated carbocycles. The maximum absolute atomic E-state index is 6.06. The van der Waals surface area contributed by atoms with Crippen molar-refractivity contribution in [1.82, 2.24) is 4.98 Å². The van der Waals surface area contributed by atoms with Gasteiger partial charge in [-0.2, -0.15) is 0 Å². The topological polar surface area (TPSA) is 38.9 Å². The van der Waals surface area contributed by atoms with Gasteiger partial charge in [-0.05, 0) is 19.3 Å². The van der Waals surface area contributed by atoms with Crippen molar-refractivity contribution in [3.8, 4) is 0 Å². The summed E-state index contributed by atoms with van der Waals surface area (Å²) in [6.45, 7) is 0. The molecule has 2 N–H and O–H groups in total. The summed E-state index contributed by atoms with van der Waals surface area (Å²) in [6.07, 6.45) is 6.47. The van der Waals surface area contributed by atoms with Crippen LogP contribution in [0.3, 0.4) is 0 Å². The molecule has 0 atom stereocenters. The minimum atomic E-state index is 0.0951. The van der Waals surface area contributed by atoms with Gasteiger partial charge in [0.1, 0.15) is 0 Å². The highest BCUT2D eigenvalue weighted by molar-refractivity contribution is 7.09. The number of nitrogens with two attached hydrogens (primary N) is 1. The molecule has 3 heteroatoms. The number of thiazole rings is 1. The summed E-state index contributed by atoms with van der Waals surface area (Å²) in [5.74, 6) is 0. The molecule has 60 valence electrons. The lowest BCUT2D eigenvalue weighted by Crippen LogP contribution is -2.48. The van der Waals surface area contributed by atoms with Crippen LogP contribution in [0.25, 0.3) is 0 Å². The summed E-state index contributed by atoms with van der Waals surface area (Å²) in [5.41, 5.74) is 6.16. The van der Waals surface area contributed by atoms with Crippen molar-refractivity contribution in [1.29, 1.82) is 0 Å². The SMILES string of the molecule is NC1(Cc2nccs2)CCC1. The van der Waals surface area contributed by atoms with Crippen LogP contribution in [0.4, 0.5) is 0 Å². The molecule has 0 aliphatic heterocycles. The molecule has 11 heavy (non-hydrogen) atoms. The molecule has 1 heterocycles. The van der Waals surface area contributed by atoms with E-state index >= 15 is 0 Å². The van der Waals surface area contributed by atoms with E-state index in [0.29, 0.717) is 0 Å². The molecule has 1 aliphatic carbocycles. The molecule has 0 unspecified atom stereocenters. The van der Waals surface area contributed by atoms with Crippen molar-refractivity contribution < 1.29 is 0 Å². The zero-order chi connectivity index (χ0) is 7.73. The van der Waals surface area contributed by atoms with Gasteiger partial charge in [0, 0.05) is 23.5 Å². The Morgan fingerprint density at radius 2 is 2.45 bits per heavy atom. The molecule has 0 saturated heterocycles. The maximum atomic E-state index is 6.06. The van der Waals surface area contributed by atoms with E-state index in [2.05, 4.69) is 4.98 Å². The number of nitrogens with zero attached hydrogens (tertiary/aromatic N) is 1. The Morgan fingerprint density at radius 3 is 2.91 bits per heavy atom. The van der Waals surface area contributed by atoms with E-state index in [1.165, 1.54) is 24.3 Å². The maximum Gasteiger partial charge on any atom is 0.0943 e. The van der Waals surface area contributed by atoms with Gasteiger partial charge in [0.15, 0.2) is 0 Å². The highest BCUT2D eigenvalue weighted by Crippen LogP contribution is 2.32. The first-order valence-electron chi connectivity index (χ1n) is 3.96. The van der Waals surface area contributed by atoms with Gasteiger partial charge in [-0.15, -0.1) is 11.3 Å². The van der Waals surface area contributed by atoms with Crippen molar-refractivity contribution in [2.75, 3.05) is 0 Å². The highest BCUT2D eigenvalue weighted by atomic mass is 32.1. The summed E-state index contributed by atoms with van der Waals surface area (Å²) in [5, 5.41) is 3.20. The molecular formula is C8H12N2S. The van der Waals surface area contributed by atoms with Crippen molar-refractivity contribution >= 4 is 11.3 Å². The highest BCUT2D eigenvalue weighted by Gasteiger charge is 2.33. The van der Waals surface area contributed by atoms with Gasteiger partial charge in [0.25, 0.3) is 0 Å². The van der Waals surface area contributed by atoms with E-state index in [9.17, 15) is 0 Å². The third-order valence-corrected chi connectivity index (χ3v) is 3.12. The smallest absolute Gasteiger partial charge is 0.0943 e. The van der Waals surface area contributed by atoms with Crippen LogP contribution in [-0.2, 0) is 6.42 Å². The van der Waals surface area contributed by atoms with E-state index in [4.69, 9.17) is 5.73 Å². The molecule has 2 rings (SSSR count). The summed E-state index contributed by atoms with van der Waals surface area (Å²) in [6, 6.07) is 0. The van der Waals surface area contributed by atoms with Crippen LogP contribution in [0.5, 0.6) is 0 Å². The lowest BCUT2D eigenvalue weighted by molar-refractivity contribution is 0.247. The molecule has 1 aliphatic rings. The second kappa shape index (κ2) is 2.57. The van der Waals surface area contributed by atoms with E-state index in [-0.39, 0.29) is 5.54 Å². The lowest BCUT2D eigenvalue weighted by atomic mass is 9.75. The fourth-order valence-corrected chi connectivity index (χ4v) is 2.22. The van der Waals surface area contributed by atoms with Crippen LogP contribution in [0.2, 0.25) is 0 Å². The van der Waals surface area contributed by atoms with Crippen LogP contribution < -0.4 is 5.73 Å². The second-order valence-electron chi connectivity index (χ2n) is 3.32. The molecule has 0 amide bonds. The Bertz CT molecular complexity index is 226. The van der Waals surface area contributed by atoms with Crippen LogP contribution in [-0.4, -0.2) is 10.5 Å². The number of hydrogen-bond acceptors (Lipinski definition) is 3. The molecule has 0 radical (unpaired) electrons. The lowest BCUT2D eigenvalue weighted by Gasteiger charge is -2.37. The van der Waals surface area contributed by atoms with Gasteiger partial charge in [0.05, 0.1) is 5.01 Å². The number of aromatic nitrogens is 1. The van der Waals surface area contributed by atoms with E-state index in [0.717, 1.165) is 6.42 Å². The summed E-state index contributed by atoms with van der Waals surface area (Å²) in [7, 11) is 0. The predicted octanol–water partition coefficient (Wildman–Crippen LogP) is 1.57. The van der Waals surface area contributed by atoms with E-state index < -0.39 is 0 Å². The Kier molecular flexibility index (Phi) is 1.69. The largest absolute Gasteiger partial charge is 0.325 e. The van der Waals surface area contributed by atoms with Gasteiger partial charge >= 0.3 is 0 Å². The summed E-state index contributed by atoms with van der Waals surface area (Å²) >= 11 is 1.71. The molecule has 1 aromatic rings. The minimum absolute atomic E-state index is 0.0951. The zero-order valence-corrected chi connectivity index (χ0v) is 7.23. The van der Waals surface area contributed by atoms with Gasteiger partial charge in [-0.3, -0.25) is 0 Å². The van der Waals surface area contributed by atoms with Crippen molar-refractivity contribution in [2.24, 2.45) is 5.73 Å². The molecular weight excluding hydrogens is 156 g/mol. The Balaban J connectivity index is 2.00. The number of rotatable bonds is 2. The molecule has 0 bridgehead atoms. The Labute approximate surface area is 70.5 Å². The van der Waals surface area contributed by atoms with Crippen molar-refractivity contribution in [3.05, 3.63) is 16.6 Å². The first kappa shape index (κ1) is 7.25. The molecule has 1 fully saturated rings. The van der Waals surface area contributed by atoms with E-state index in [1.54, 1.807) is 11.3 Å². The fourth-order valence-electron chi connectivity index (χ4n) is 1.45. The van der Waals surface area contributed by atoms with Gasteiger partial charge < -0.3 is 5.73 Å². The van der Waals surface area contributed by atoms with Gasteiger partial charge in [-0.25, -0.2) is 4.98 Å². The Morgan fingerprint density at radius 1 is 1.64 bits per heavy atom. The third kappa shape index (κ3) is 1.44. The normalized spacial score (nSPS) is 21.2. The van der Waals surface area contributed by atoms with Crippen LogP contribution in [0.1, 0.15) is 24.3 Å². The molecule has 0 spiro atoms. The Hall–Kier alpha value is -0.410. The minimum Gasteiger partial charge on any atom is -0.325 e. The first-order valence-corrected chi connectivity index (χ1v) is 4.84. The van der Waals surface area contributed by atoms with Crippen molar-refractivity contribution in [2.45, 2.75) is 31.2 Å². The van der Waals surface area contributed by atoms with Crippen LogP contribution >= 0.6 is 11.3 Å². The summed E-state index contributed by atoms with van der Waals surface area (Å²) < 4.78 is 0. The average Bonchev–Trinajstić information content (AvgIpc) is 2.36. The molecule has 2 nitrogen and oxygen atoms in total. The standard InChI is InChI=1S/C8H12N2S/c9-8(2-1-3-8)6-7-10-4-5-11-7/h4-5H,1-3,6,9H2.